The highest BCUT2D eigenvalue weighted by molar-refractivity contribution is 5.94. The van der Waals surface area contributed by atoms with Gasteiger partial charge >= 0.3 is 0 Å². The van der Waals surface area contributed by atoms with Gasteiger partial charge in [0.2, 0.25) is 5.91 Å². The van der Waals surface area contributed by atoms with E-state index in [1.54, 1.807) is 13.0 Å². The van der Waals surface area contributed by atoms with Gasteiger partial charge in [0.25, 0.3) is 5.69 Å². The third kappa shape index (κ3) is 2.77. The van der Waals surface area contributed by atoms with E-state index < -0.39 is 4.92 Å². The second-order valence-corrected chi connectivity index (χ2v) is 7.47. The molecular formula is C21H22N2O3. The number of amides is 1. The molecule has 0 spiro atoms. The number of rotatable bonds is 4. The van der Waals surface area contributed by atoms with Gasteiger partial charge in [-0.15, -0.1) is 0 Å². The predicted octanol–water partition coefficient (Wildman–Crippen LogP) is 4.67. The highest BCUT2D eigenvalue weighted by Gasteiger charge is 2.55. The summed E-state index contributed by atoms with van der Waals surface area (Å²) in [4.78, 5) is 23.4. The second-order valence-electron chi connectivity index (χ2n) is 7.47. The van der Waals surface area contributed by atoms with Crippen molar-refractivity contribution in [3.05, 3.63) is 69.8 Å². The summed E-state index contributed by atoms with van der Waals surface area (Å²) in [5.41, 5.74) is 2.78. The number of nitro groups is 1. The molecule has 4 atom stereocenters. The molecule has 1 N–H and O–H groups in total. The average molecular weight is 350 g/mol. The highest BCUT2D eigenvalue weighted by atomic mass is 16.6. The number of nitrogens with one attached hydrogen (secondary N) is 1. The van der Waals surface area contributed by atoms with Gasteiger partial charge in [0.1, 0.15) is 0 Å². The number of nitro benzene ring substituents is 1. The van der Waals surface area contributed by atoms with Gasteiger partial charge in [-0.2, -0.15) is 0 Å². The maximum absolute atomic E-state index is 12.9. The molecule has 0 heterocycles. The Hall–Kier alpha value is -2.69. The standard InChI is InChI=1S/C21H22N2O3/c1-13-12-15(23(25)26)10-11-18(13)22-21(24)20-16-8-5-9-17(20)19(16)14-6-3-2-4-7-14/h2-4,6-7,10-12,16-17,19-20H,5,8-9H2,1H3,(H,22,24)/t16-,17+,19?,20?. The minimum atomic E-state index is -0.417. The number of carbonyl (C=O) groups is 1. The first-order chi connectivity index (χ1) is 12.6. The minimum absolute atomic E-state index is 0.0450. The molecule has 2 aliphatic carbocycles. The number of nitrogens with zero attached hydrogens (tertiary/aromatic N) is 1. The molecule has 1 amide bonds. The van der Waals surface area contributed by atoms with Gasteiger partial charge in [-0.05, 0) is 54.7 Å². The summed E-state index contributed by atoms with van der Waals surface area (Å²) in [6.45, 7) is 1.79. The number of benzene rings is 2. The molecule has 2 bridgehead atoms. The van der Waals surface area contributed by atoms with Crippen molar-refractivity contribution in [2.24, 2.45) is 17.8 Å². The molecule has 4 rings (SSSR count). The van der Waals surface area contributed by atoms with Crippen LogP contribution in [0.5, 0.6) is 0 Å². The van der Waals surface area contributed by atoms with E-state index in [9.17, 15) is 14.9 Å². The van der Waals surface area contributed by atoms with Crippen molar-refractivity contribution in [2.75, 3.05) is 5.32 Å². The average Bonchev–Trinajstić information content (AvgIpc) is 2.64. The first-order valence-corrected chi connectivity index (χ1v) is 9.17. The molecule has 2 fully saturated rings. The Bertz CT molecular complexity index is 838. The Morgan fingerprint density at radius 2 is 1.81 bits per heavy atom. The fourth-order valence-corrected chi connectivity index (χ4v) is 4.92. The van der Waals surface area contributed by atoms with E-state index in [1.807, 2.05) is 6.07 Å². The summed E-state index contributed by atoms with van der Waals surface area (Å²) < 4.78 is 0. The van der Waals surface area contributed by atoms with Gasteiger partial charge in [-0.3, -0.25) is 14.9 Å². The molecule has 0 saturated heterocycles. The van der Waals surface area contributed by atoms with Crippen molar-refractivity contribution in [1.29, 1.82) is 0 Å². The quantitative estimate of drug-likeness (QED) is 0.643. The van der Waals surface area contributed by atoms with Gasteiger partial charge in [-0.1, -0.05) is 36.8 Å². The van der Waals surface area contributed by atoms with Crippen LogP contribution in [0.1, 0.15) is 36.3 Å². The number of carbonyl (C=O) groups excluding carboxylic acids is 1. The fraction of sp³-hybridized carbons (Fsp3) is 0.381. The maximum Gasteiger partial charge on any atom is 0.269 e. The Morgan fingerprint density at radius 3 is 2.42 bits per heavy atom. The zero-order valence-corrected chi connectivity index (χ0v) is 14.7. The van der Waals surface area contributed by atoms with Crippen LogP contribution < -0.4 is 5.32 Å². The van der Waals surface area contributed by atoms with Gasteiger partial charge in [0, 0.05) is 23.7 Å². The SMILES string of the molecule is Cc1cc([N+](=O)[O-])ccc1NC(=O)C1[C@H]2CCC[C@@H]1C2c1ccccc1. The van der Waals surface area contributed by atoms with E-state index in [-0.39, 0.29) is 17.5 Å². The van der Waals surface area contributed by atoms with Crippen molar-refractivity contribution in [1.82, 2.24) is 0 Å². The monoisotopic (exact) mass is 350 g/mol. The molecule has 0 radical (unpaired) electrons. The van der Waals surface area contributed by atoms with Crippen LogP contribution in [0.4, 0.5) is 11.4 Å². The third-order valence-electron chi connectivity index (χ3n) is 6.09. The van der Waals surface area contributed by atoms with Crippen molar-refractivity contribution >= 4 is 17.3 Å². The molecule has 5 nitrogen and oxygen atoms in total. The molecule has 2 aromatic rings. The molecular weight excluding hydrogens is 328 g/mol. The summed E-state index contributed by atoms with van der Waals surface area (Å²) in [6, 6.07) is 15.1. The normalized spacial score (nSPS) is 26.7. The van der Waals surface area contributed by atoms with Crippen LogP contribution in [0.25, 0.3) is 0 Å². The first-order valence-electron chi connectivity index (χ1n) is 9.17. The molecule has 2 unspecified atom stereocenters. The second kappa shape index (κ2) is 6.56. The van der Waals surface area contributed by atoms with Crippen LogP contribution in [-0.2, 0) is 4.79 Å². The van der Waals surface area contributed by atoms with E-state index >= 15 is 0 Å². The van der Waals surface area contributed by atoms with E-state index in [0.29, 0.717) is 23.4 Å². The first kappa shape index (κ1) is 16.8. The van der Waals surface area contributed by atoms with Crippen LogP contribution >= 0.6 is 0 Å². The van der Waals surface area contributed by atoms with Gasteiger partial charge in [0.15, 0.2) is 0 Å². The summed E-state index contributed by atoms with van der Waals surface area (Å²) >= 11 is 0. The molecule has 2 saturated carbocycles. The Labute approximate surface area is 152 Å². The summed E-state index contributed by atoms with van der Waals surface area (Å²) in [5.74, 6) is 1.38. The maximum atomic E-state index is 12.9. The Kier molecular flexibility index (Phi) is 4.23. The molecule has 26 heavy (non-hydrogen) atoms. The lowest BCUT2D eigenvalue weighted by Crippen LogP contribution is -2.53. The Morgan fingerprint density at radius 1 is 1.12 bits per heavy atom. The lowest BCUT2D eigenvalue weighted by Gasteiger charge is -2.55. The van der Waals surface area contributed by atoms with E-state index in [2.05, 4.69) is 29.6 Å². The van der Waals surface area contributed by atoms with Crippen LogP contribution in [0.15, 0.2) is 48.5 Å². The number of anilines is 1. The van der Waals surface area contributed by atoms with Crippen molar-refractivity contribution < 1.29 is 9.72 Å². The third-order valence-corrected chi connectivity index (χ3v) is 6.09. The lowest BCUT2D eigenvalue weighted by atomic mass is 9.48. The van der Waals surface area contributed by atoms with Crippen LogP contribution in [0.2, 0.25) is 0 Å². The highest BCUT2D eigenvalue weighted by Crippen LogP contribution is 2.60. The van der Waals surface area contributed by atoms with E-state index in [4.69, 9.17) is 0 Å². The van der Waals surface area contributed by atoms with Crippen LogP contribution in [0, 0.1) is 34.8 Å². The Balaban J connectivity index is 1.50. The number of non-ortho nitro benzene ring substituents is 1. The van der Waals surface area contributed by atoms with E-state index in [1.165, 1.54) is 24.1 Å². The molecule has 0 aliphatic heterocycles. The van der Waals surface area contributed by atoms with Crippen LogP contribution in [0.3, 0.4) is 0 Å². The molecule has 2 aromatic carbocycles. The number of fused-ring (bicyclic) bond motifs is 2. The summed E-state index contributed by atoms with van der Waals surface area (Å²) in [5, 5.41) is 13.9. The summed E-state index contributed by atoms with van der Waals surface area (Å²) in [7, 11) is 0. The lowest BCUT2D eigenvalue weighted by molar-refractivity contribution is -0.384. The summed E-state index contributed by atoms with van der Waals surface area (Å²) in [6.07, 6.45) is 3.37. The van der Waals surface area contributed by atoms with Crippen LogP contribution in [-0.4, -0.2) is 10.8 Å². The molecule has 5 heteroatoms. The van der Waals surface area contributed by atoms with Crippen molar-refractivity contribution in [2.45, 2.75) is 32.1 Å². The van der Waals surface area contributed by atoms with Crippen molar-refractivity contribution in [3.8, 4) is 0 Å². The van der Waals surface area contributed by atoms with Gasteiger partial charge in [0.05, 0.1) is 4.92 Å². The molecule has 2 aliphatic rings. The van der Waals surface area contributed by atoms with E-state index in [0.717, 1.165) is 18.4 Å². The van der Waals surface area contributed by atoms with Crippen molar-refractivity contribution in [3.63, 3.8) is 0 Å². The predicted molar refractivity (Wildman–Crippen MR) is 100.0 cm³/mol. The van der Waals surface area contributed by atoms with Gasteiger partial charge in [-0.25, -0.2) is 0 Å². The largest absolute Gasteiger partial charge is 0.326 e. The smallest absolute Gasteiger partial charge is 0.269 e. The van der Waals surface area contributed by atoms with Gasteiger partial charge < -0.3 is 5.32 Å². The number of aryl methyl sites for hydroxylation is 1. The number of hydrogen-bond donors (Lipinski definition) is 1. The molecule has 134 valence electrons. The topological polar surface area (TPSA) is 72.2 Å². The number of hydrogen-bond acceptors (Lipinski definition) is 3. The zero-order chi connectivity index (χ0) is 18.3. The fourth-order valence-electron chi connectivity index (χ4n) is 4.92. The minimum Gasteiger partial charge on any atom is -0.326 e. The molecule has 0 aromatic heterocycles. The zero-order valence-electron chi connectivity index (χ0n) is 14.7.